The van der Waals surface area contributed by atoms with Crippen LogP contribution in [0.1, 0.15) is 93.7 Å². The van der Waals surface area contributed by atoms with Crippen molar-refractivity contribution in [3.8, 4) is 11.5 Å². The minimum Gasteiger partial charge on any atom is -0.491 e. The summed E-state index contributed by atoms with van der Waals surface area (Å²) < 4.78 is 19.4. The van der Waals surface area contributed by atoms with Crippen molar-refractivity contribution < 1.29 is 33.8 Å². The number of aliphatic hydroxyl groups is 1. The number of hydrogen-bond donors (Lipinski definition) is 6. The van der Waals surface area contributed by atoms with Gasteiger partial charge >= 0.3 is 0 Å². The lowest BCUT2D eigenvalue weighted by atomic mass is 10.1. The van der Waals surface area contributed by atoms with Crippen molar-refractivity contribution in [3.63, 3.8) is 0 Å². The van der Waals surface area contributed by atoms with Gasteiger partial charge in [-0.05, 0) is 83.4 Å². The molecular formula is C40H48ClN13O7. The summed E-state index contributed by atoms with van der Waals surface area (Å²) >= 11 is 5.62. The molecule has 4 amide bonds. The van der Waals surface area contributed by atoms with Gasteiger partial charge in [-0.25, -0.2) is 9.97 Å². The van der Waals surface area contributed by atoms with Crippen LogP contribution in [-0.4, -0.2) is 93.0 Å². The highest BCUT2D eigenvalue weighted by Gasteiger charge is 2.30. The van der Waals surface area contributed by atoms with Gasteiger partial charge in [0.2, 0.25) is 23.7 Å². The third-order valence-corrected chi connectivity index (χ3v) is 10.5. The predicted octanol–water partition coefficient (Wildman–Crippen LogP) is 3.53. The average molecular weight is 858 g/mol. The number of nitrogens with two attached hydrogens (primary N) is 2. The lowest BCUT2D eigenvalue weighted by Crippen LogP contribution is -2.26. The molecule has 0 fully saturated rings. The maximum Gasteiger partial charge on any atom is 0.276 e. The van der Waals surface area contributed by atoms with Crippen LogP contribution in [0.3, 0.4) is 0 Å². The molecule has 1 aliphatic heterocycles. The number of aryl methyl sites for hydroxylation is 5. The van der Waals surface area contributed by atoms with Gasteiger partial charge in [0.25, 0.3) is 11.8 Å². The number of benzene rings is 2. The first-order valence-electron chi connectivity index (χ1n) is 19.9. The molecule has 0 bridgehead atoms. The normalized spacial score (nSPS) is 13.9. The van der Waals surface area contributed by atoms with Crippen molar-refractivity contribution in [1.29, 1.82) is 0 Å². The summed E-state index contributed by atoms with van der Waals surface area (Å²) in [6.07, 6.45) is 0.130. The number of fused-ring (bicyclic) bond motifs is 1. The first-order chi connectivity index (χ1) is 29.3. The fourth-order valence-corrected chi connectivity index (χ4v) is 7.59. The lowest BCUT2D eigenvalue weighted by Gasteiger charge is -2.28. The van der Waals surface area contributed by atoms with Crippen LogP contribution in [0, 0.1) is 13.8 Å². The molecule has 4 aromatic heterocycles. The molecule has 0 radical (unpaired) electrons. The van der Waals surface area contributed by atoms with Crippen molar-refractivity contribution in [2.75, 3.05) is 36.3 Å². The second kappa shape index (κ2) is 18.0. The molecule has 2 atom stereocenters. The van der Waals surface area contributed by atoms with Crippen LogP contribution in [-0.2, 0) is 24.4 Å². The van der Waals surface area contributed by atoms with E-state index in [1.54, 1.807) is 46.6 Å². The van der Waals surface area contributed by atoms with E-state index < -0.39 is 23.9 Å². The summed E-state index contributed by atoms with van der Waals surface area (Å²) in [7, 11) is 0. The fourth-order valence-electron chi connectivity index (χ4n) is 7.49. The second-order valence-electron chi connectivity index (χ2n) is 14.6. The number of hydrogen-bond acceptors (Lipinski definition) is 12. The number of halogens is 1. The highest BCUT2D eigenvalue weighted by molar-refractivity contribution is 6.27. The third-order valence-electron chi connectivity index (χ3n) is 10.3. The van der Waals surface area contributed by atoms with E-state index in [0.717, 1.165) is 0 Å². The number of aromatic nitrogens is 8. The summed E-state index contributed by atoms with van der Waals surface area (Å²) in [5.41, 5.74) is 16.2. The van der Waals surface area contributed by atoms with Crippen LogP contribution in [0.4, 0.5) is 11.9 Å². The minimum absolute atomic E-state index is 0.152. The number of amides is 4. The van der Waals surface area contributed by atoms with Crippen LogP contribution in [0.25, 0.3) is 22.1 Å². The molecular weight excluding hydrogens is 810 g/mol. The van der Waals surface area contributed by atoms with E-state index in [4.69, 9.17) is 42.5 Å². The molecule has 2 aromatic carbocycles. The molecule has 8 N–H and O–H groups in total. The van der Waals surface area contributed by atoms with Crippen LogP contribution in [0.15, 0.2) is 36.4 Å². The number of alkyl halides is 1. The number of aliphatic hydroxyl groups excluding tert-OH is 1. The Labute approximate surface area is 354 Å². The number of rotatable bonds is 18. The van der Waals surface area contributed by atoms with Crippen molar-refractivity contribution in [1.82, 2.24) is 44.0 Å². The molecule has 7 rings (SSSR count). The smallest absolute Gasteiger partial charge is 0.276 e. The quantitative estimate of drug-likeness (QED) is 0.0412. The first kappa shape index (κ1) is 42.6. The maximum atomic E-state index is 13.8. The maximum absolute atomic E-state index is 13.8. The molecule has 0 spiro atoms. The van der Waals surface area contributed by atoms with Crippen molar-refractivity contribution in [2.24, 2.45) is 11.5 Å². The van der Waals surface area contributed by atoms with Gasteiger partial charge in [0.15, 0.2) is 0 Å². The summed E-state index contributed by atoms with van der Waals surface area (Å²) in [5, 5.41) is 27.7. The molecule has 0 saturated heterocycles. The Morgan fingerprint density at radius 2 is 1.56 bits per heavy atom. The molecule has 0 aliphatic carbocycles. The zero-order valence-electron chi connectivity index (χ0n) is 34.2. The summed E-state index contributed by atoms with van der Waals surface area (Å²) in [6, 6.07) is 9.45. The number of carbonyl (C=O) groups excluding carboxylic acids is 4. The molecule has 1 unspecified atom stereocenters. The molecule has 0 saturated carbocycles. The number of imidazole rings is 2. The fraction of sp³-hybridized carbons (Fsp3) is 0.400. The summed E-state index contributed by atoms with van der Waals surface area (Å²) in [4.78, 5) is 61.3. The second-order valence-corrected chi connectivity index (χ2v) is 14.9. The Kier molecular flexibility index (Phi) is 12.6. The number of nitrogens with zero attached hydrogens (tertiary/aromatic N) is 8. The minimum atomic E-state index is -1.28. The van der Waals surface area contributed by atoms with Gasteiger partial charge in [-0.2, -0.15) is 10.2 Å². The van der Waals surface area contributed by atoms with E-state index in [1.807, 2.05) is 29.9 Å². The van der Waals surface area contributed by atoms with E-state index in [0.29, 0.717) is 107 Å². The monoisotopic (exact) mass is 857 g/mol. The number of anilines is 2. The average Bonchev–Trinajstić information content (AvgIpc) is 4.01. The van der Waals surface area contributed by atoms with Crippen LogP contribution in [0.2, 0.25) is 0 Å². The molecule has 322 valence electrons. The van der Waals surface area contributed by atoms with Gasteiger partial charge in [0.05, 0.1) is 35.1 Å². The van der Waals surface area contributed by atoms with Crippen LogP contribution in [0.5, 0.6) is 11.5 Å². The van der Waals surface area contributed by atoms with E-state index in [-0.39, 0.29) is 48.5 Å². The number of nitrogens with one attached hydrogen (secondary N) is 3. The molecule has 61 heavy (non-hydrogen) atoms. The van der Waals surface area contributed by atoms with Gasteiger partial charge in [0.1, 0.15) is 52.6 Å². The Morgan fingerprint density at radius 3 is 2.18 bits per heavy atom. The van der Waals surface area contributed by atoms with Crippen molar-refractivity contribution in [3.05, 3.63) is 70.3 Å². The Hall–Kier alpha value is -6.51. The molecule has 5 heterocycles. The van der Waals surface area contributed by atoms with E-state index in [9.17, 15) is 24.3 Å². The Balaban J connectivity index is 1.23. The van der Waals surface area contributed by atoms with Gasteiger partial charge < -0.3 is 40.5 Å². The molecule has 1 aliphatic rings. The highest BCUT2D eigenvalue weighted by atomic mass is 35.5. The lowest BCUT2D eigenvalue weighted by molar-refractivity contribution is -0.118. The Bertz CT molecular complexity index is 2640. The van der Waals surface area contributed by atoms with Gasteiger partial charge in [0, 0.05) is 37.3 Å². The van der Waals surface area contributed by atoms with Crippen molar-refractivity contribution in [2.45, 2.75) is 78.9 Å². The zero-order valence-corrected chi connectivity index (χ0v) is 35.0. The number of primary amides is 1. The SMILES string of the molecule is CCn1nc(C)cc1C(=O)Nc1nc2cc(C(N)=O)cc(OCCCNC(=O)CCl)c2n1CCC[C@H]1COc2cc(C(N)O)cc3nc(NC(=O)c4cc(C)nn4CC)n1c23. The summed E-state index contributed by atoms with van der Waals surface area (Å²) in [6.45, 7) is 9.31. The zero-order chi connectivity index (χ0) is 43.5. The number of carbonyl (C=O) groups is 4. The van der Waals surface area contributed by atoms with Gasteiger partial charge in [-0.15, -0.1) is 11.6 Å². The standard InChI is InChI=1S/C40H48ClN13O7/c1-5-52-28(13-21(3)49-52)37(58)47-39-45-26-15-23(35(42)56)17-30(60-12-8-10-44-32(55)19-41)33(26)51(39)11-7-9-25-20-61-31-18-24(36(43)57)16-27-34(31)54(25)40(46-27)48-38(59)29-14-22(4)50-53(29)6-2/h13-18,25,36,57H,5-12,19-20,43H2,1-4H3,(H2,42,56)(H,44,55)(H,45,47,58)(H,46,48,59)/t25-,36?/m0/s1. The molecule has 21 heteroatoms. The number of ether oxygens (including phenoxy) is 2. The summed E-state index contributed by atoms with van der Waals surface area (Å²) in [5.74, 6) is -0.778. The Morgan fingerprint density at radius 1 is 0.918 bits per heavy atom. The molecule has 6 aromatic rings. The van der Waals surface area contributed by atoms with E-state index in [1.165, 1.54) is 6.07 Å². The van der Waals surface area contributed by atoms with Crippen molar-refractivity contribution >= 4 is 69.2 Å². The largest absolute Gasteiger partial charge is 0.491 e. The van der Waals surface area contributed by atoms with Gasteiger partial charge in [-0.1, -0.05) is 0 Å². The van der Waals surface area contributed by atoms with Crippen LogP contribution < -0.4 is 36.9 Å². The van der Waals surface area contributed by atoms with E-state index >= 15 is 0 Å². The highest BCUT2D eigenvalue weighted by Crippen LogP contribution is 2.40. The van der Waals surface area contributed by atoms with Gasteiger partial charge in [-0.3, -0.25) is 39.2 Å². The van der Waals surface area contributed by atoms with Crippen LogP contribution >= 0.6 is 11.6 Å². The topological polar surface area (TPSA) is 266 Å². The predicted molar refractivity (Wildman–Crippen MR) is 226 cm³/mol. The first-order valence-corrected chi connectivity index (χ1v) is 20.5. The third kappa shape index (κ3) is 8.86. The van der Waals surface area contributed by atoms with E-state index in [2.05, 4.69) is 26.1 Å². The molecule has 20 nitrogen and oxygen atoms in total.